The number of alkyl halides is 3. The fourth-order valence-electron chi connectivity index (χ4n) is 3.66. The average molecular weight is 299 g/mol. The fraction of sp³-hybridized carbons (Fsp3) is 0.647. The number of hydrogen-bond donors (Lipinski definition) is 1. The maximum absolute atomic E-state index is 13.3. The molecular formula is C17H24F3N. The molecule has 0 saturated heterocycles. The largest absolute Gasteiger partial charge is 0.416 e. The van der Waals surface area contributed by atoms with Gasteiger partial charge in [0.25, 0.3) is 0 Å². The second kappa shape index (κ2) is 6.82. The lowest BCUT2D eigenvalue weighted by Gasteiger charge is -2.37. The molecule has 1 aliphatic rings. The summed E-state index contributed by atoms with van der Waals surface area (Å²) in [6.07, 6.45) is -0.198. The Kier molecular flexibility index (Phi) is 5.31. The molecule has 1 nitrogen and oxygen atoms in total. The Bertz CT molecular complexity index is 456. The van der Waals surface area contributed by atoms with Crippen LogP contribution in [0, 0.1) is 11.8 Å². The van der Waals surface area contributed by atoms with Crippen LogP contribution in [0.15, 0.2) is 24.3 Å². The van der Waals surface area contributed by atoms with Crippen molar-refractivity contribution in [3.05, 3.63) is 35.4 Å². The second-order valence-electron chi connectivity index (χ2n) is 6.10. The zero-order valence-corrected chi connectivity index (χ0v) is 12.7. The summed E-state index contributed by atoms with van der Waals surface area (Å²) in [5.74, 6) is 0.847. The maximum Gasteiger partial charge on any atom is 0.416 e. The Labute approximate surface area is 124 Å². The normalized spacial score (nSPS) is 26.8. The van der Waals surface area contributed by atoms with Crippen LogP contribution in [0.5, 0.6) is 0 Å². The van der Waals surface area contributed by atoms with Gasteiger partial charge in [0.15, 0.2) is 0 Å². The van der Waals surface area contributed by atoms with Crippen LogP contribution >= 0.6 is 0 Å². The van der Waals surface area contributed by atoms with Gasteiger partial charge in [-0.1, -0.05) is 38.0 Å². The van der Waals surface area contributed by atoms with Gasteiger partial charge in [-0.3, -0.25) is 0 Å². The predicted molar refractivity (Wildman–Crippen MR) is 79.2 cm³/mol. The standard InChI is InChI=1S/C17H24F3N/c1-3-12-8-9-13(11-21-2)15(10-12)14-6-4-5-7-16(14)17(18,19)20/h4-7,12-13,15,21H,3,8-11H2,1-2H3. The summed E-state index contributed by atoms with van der Waals surface area (Å²) in [5, 5.41) is 3.15. The van der Waals surface area contributed by atoms with Crippen molar-refractivity contribution >= 4 is 0 Å². The molecule has 0 heterocycles. The highest BCUT2D eigenvalue weighted by molar-refractivity contribution is 5.33. The van der Waals surface area contributed by atoms with Crippen molar-refractivity contribution in [1.82, 2.24) is 5.32 Å². The van der Waals surface area contributed by atoms with Crippen molar-refractivity contribution in [2.45, 2.75) is 44.7 Å². The molecule has 21 heavy (non-hydrogen) atoms. The van der Waals surface area contributed by atoms with Gasteiger partial charge in [0, 0.05) is 0 Å². The SMILES string of the molecule is CCC1CCC(CNC)C(c2ccccc2C(F)(F)F)C1. The number of halogens is 3. The van der Waals surface area contributed by atoms with E-state index >= 15 is 0 Å². The number of nitrogens with one attached hydrogen (secondary N) is 1. The molecule has 4 heteroatoms. The van der Waals surface area contributed by atoms with E-state index in [1.807, 2.05) is 7.05 Å². The zero-order chi connectivity index (χ0) is 15.5. The Hall–Kier alpha value is -1.03. The van der Waals surface area contributed by atoms with Gasteiger partial charge in [-0.2, -0.15) is 13.2 Å². The van der Waals surface area contributed by atoms with Gasteiger partial charge in [-0.15, -0.1) is 0 Å². The first-order valence-electron chi connectivity index (χ1n) is 7.78. The van der Waals surface area contributed by atoms with E-state index in [2.05, 4.69) is 12.2 Å². The third-order valence-electron chi connectivity index (χ3n) is 4.81. The highest BCUT2D eigenvalue weighted by Gasteiger charge is 2.38. The quantitative estimate of drug-likeness (QED) is 0.839. The van der Waals surface area contributed by atoms with E-state index in [9.17, 15) is 13.2 Å². The van der Waals surface area contributed by atoms with Gasteiger partial charge < -0.3 is 5.32 Å². The summed E-state index contributed by atoms with van der Waals surface area (Å²) in [6.45, 7) is 2.92. The second-order valence-corrected chi connectivity index (χ2v) is 6.10. The molecule has 0 radical (unpaired) electrons. The Morgan fingerprint density at radius 2 is 1.90 bits per heavy atom. The summed E-state index contributed by atoms with van der Waals surface area (Å²) in [7, 11) is 1.87. The lowest BCUT2D eigenvalue weighted by Crippen LogP contribution is -2.31. The van der Waals surface area contributed by atoms with E-state index in [1.54, 1.807) is 12.1 Å². The zero-order valence-electron chi connectivity index (χ0n) is 12.7. The predicted octanol–water partition coefficient (Wildman–Crippen LogP) is 4.83. The van der Waals surface area contributed by atoms with Gasteiger partial charge in [0.2, 0.25) is 0 Å². The van der Waals surface area contributed by atoms with Crippen molar-refractivity contribution in [2.75, 3.05) is 13.6 Å². The lowest BCUT2D eigenvalue weighted by molar-refractivity contribution is -0.138. The molecule has 1 aliphatic carbocycles. The molecule has 0 bridgehead atoms. The van der Waals surface area contributed by atoms with Crippen LogP contribution < -0.4 is 5.32 Å². The van der Waals surface area contributed by atoms with Crippen molar-refractivity contribution in [3.63, 3.8) is 0 Å². The maximum atomic E-state index is 13.3. The fourth-order valence-corrected chi connectivity index (χ4v) is 3.66. The van der Waals surface area contributed by atoms with Crippen LogP contribution in [-0.2, 0) is 6.18 Å². The minimum atomic E-state index is -4.26. The Morgan fingerprint density at radius 3 is 2.52 bits per heavy atom. The van der Waals surface area contributed by atoms with Crippen LogP contribution in [0.1, 0.15) is 49.7 Å². The molecule has 118 valence electrons. The van der Waals surface area contributed by atoms with Gasteiger partial charge in [0.1, 0.15) is 0 Å². The molecule has 1 aromatic rings. The minimum absolute atomic E-state index is 0.00831. The van der Waals surface area contributed by atoms with Gasteiger partial charge in [0.05, 0.1) is 5.56 Å². The van der Waals surface area contributed by atoms with Crippen LogP contribution in [0.4, 0.5) is 13.2 Å². The highest BCUT2D eigenvalue weighted by Crippen LogP contribution is 2.45. The summed E-state index contributed by atoms with van der Waals surface area (Å²) in [5.41, 5.74) is 0.0382. The van der Waals surface area contributed by atoms with Crippen molar-refractivity contribution in [2.24, 2.45) is 11.8 Å². The molecular weight excluding hydrogens is 275 g/mol. The summed E-state index contributed by atoms with van der Waals surface area (Å²) in [6, 6.07) is 6.12. The molecule has 0 amide bonds. The molecule has 0 aromatic heterocycles. The van der Waals surface area contributed by atoms with Crippen LogP contribution in [-0.4, -0.2) is 13.6 Å². The van der Waals surface area contributed by atoms with E-state index in [-0.39, 0.29) is 5.92 Å². The first kappa shape index (κ1) is 16.3. The monoisotopic (exact) mass is 299 g/mol. The van der Waals surface area contributed by atoms with Crippen LogP contribution in [0.3, 0.4) is 0 Å². The smallest absolute Gasteiger partial charge is 0.319 e. The summed E-state index contributed by atoms with van der Waals surface area (Å²) < 4.78 is 39.8. The summed E-state index contributed by atoms with van der Waals surface area (Å²) >= 11 is 0. The molecule has 1 N–H and O–H groups in total. The summed E-state index contributed by atoms with van der Waals surface area (Å²) in [4.78, 5) is 0. The highest BCUT2D eigenvalue weighted by atomic mass is 19.4. The van der Waals surface area contributed by atoms with Gasteiger partial charge in [-0.05, 0) is 55.8 Å². The first-order chi connectivity index (χ1) is 9.97. The van der Waals surface area contributed by atoms with Crippen LogP contribution in [0.2, 0.25) is 0 Å². The van der Waals surface area contributed by atoms with E-state index in [0.717, 1.165) is 32.2 Å². The third kappa shape index (κ3) is 3.79. The Balaban J connectivity index is 2.36. The van der Waals surface area contributed by atoms with Crippen molar-refractivity contribution in [3.8, 4) is 0 Å². The molecule has 0 aliphatic heterocycles. The molecule has 3 unspecified atom stereocenters. The lowest BCUT2D eigenvalue weighted by atomic mass is 9.69. The van der Waals surface area contributed by atoms with Gasteiger partial charge in [-0.25, -0.2) is 0 Å². The average Bonchev–Trinajstić information content (AvgIpc) is 2.47. The topological polar surface area (TPSA) is 12.0 Å². The van der Waals surface area contributed by atoms with E-state index in [1.165, 1.54) is 12.1 Å². The number of hydrogen-bond acceptors (Lipinski definition) is 1. The van der Waals surface area contributed by atoms with E-state index < -0.39 is 11.7 Å². The molecule has 1 saturated carbocycles. The Morgan fingerprint density at radius 1 is 1.19 bits per heavy atom. The third-order valence-corrected chi connectivity index (χ3v) is 4.81. The van der Waals surface area contributed by atoms with Crippen molar-refractivity contribution in [1.29, 1.82) is 0 Å². The minimum Gasteiger partial charge on any atom is -0.319 e. The first-order valence-corrected chi connectivity index (χ1v) is 7.78. The van der Waals surface area contributed by atoms with E-state index in [0.29, 0.717) is 17.4 Å². The molecule has 2 rings (SSSR count). The molecule has 0 spiro atoms. The molecule has 1 aromatic carbocycles. The molecule has 1 fully saturated rings. The van der Waals surface area contributed by atoms with Crippen LogP contribution in [0.25, 0.3) is 0 Å². The van der Waals surface area contributed by atoms with E-state index in [4.69, 9.17) is 0 Å². The number of benzene rings is 1. The van der Waals surface area contributed by atoms with Gasteiger partial charge >= 0.3 is 6.18 Å². The molecule has 3 atom stereocenters. The van der Waals surface area contributed by atoms with Crippen molar-refractivity contribution < 1.29 is 13.2 Å². The number of rotatable bonds is 4.